The predicted molar refractivity (Wildman–Crippen MR) is 97.2 cm³/mol. The minimum Gasteiger partial charge on any atom is -0.493 e. The van der Waals surface area contributed by atoms with E-state index in [2.05, 4.69) is 5.32 Å². The van der Waals surface area contributed by atoms with Gasteiger partial charge >= 0.3 is 0 Å². The number of amides is 2. The number of para-hydroxylation sites is 1. The normalized spacial score (nSPS) is 10.5. The van der Waals surface area contributed by atoms with Crippen LogP contribution in [0.3, 0.4) is 0 Å². The molecule has 0 atom stereocenters. The minimum atomic E-state index is -0.619. The van der Waals surface area contributed by atoms with Crippen molar-refractivity contribution in [2.24, 2.45) is 5.73 Å². The number of primary amides is 1. The van der Waals surface area contributed by atoms with E-state index in [1.165, 1.54) is 26.4 Å². The number of methoxy groups -OCH3 is 2. The molecule has 0 heterocycles. The molecule has 0 saturated carbocycles. The number of nitrogens with one attached hydrogen (secondary N) is 1. The van der Waals surface area contributed by atoms with E-state index in [4.69, 9.17) is 26.8 Å². The van der Waals surface area contributed by atoms with Crippen LogP contribution in [-0.2, 0) is 4.79 Å². The van der Waals surface area contributed by atoms with Crippen molar-refractivity contribution in [1.82, 2.24) is 0 Å². The molecular weight excluding hydrogens is 344 g/mol. The van der Waals surface area contributed by atoms with Crippen molar-refractivity contribution >= 4 is 35.2 Å². The summed E-state index contributed by atoms with van der Waals surface area (Å²) in [7, 11) is 2.98. The summed E-state index contributed by atoms with van der Waals surface area (Å²) in [5, 5.41) is 2.97. The summed E-state index contributed by atoms with van der Waals surface area (Å²) >= 11 is 6.12. The molecule has 7 heteroatoms. The Bertz CT molecular complexity index is 834. The zero-order chi connectivity index (χ0) is 18.4. The summed E-state index contributed by atoms with van der Waals surface area (Å²) in [6.45, 7) is 0. The molecule has 0 aliphatic rings. The number of hydrogen-bond donors (Lipinski definition) is 2. The summed E-state index contributed by atoms with van der Waals surface area (Å²) in [4.78, 5) is 23.4. The van der Waals surface area contributed by atoms with Crippen LogP contribution in [-0.4, -0.2) is 26.0 Å². The smallest absolute Gasteiger partial charge is 0.250 e. The Morgan fingerprint density at radius 1 is 1.16 bits per heavy atom. The lowest BCUT2D eigenvalue weighted by Gasteiger charge is -2.10. The Hall–Kier alpha value is -2.99. The van der Waals surface area contributed by atoms with Crippen LogP contribution in [0.15, 0.2) is 42.5 Å². The van der Waals surface area contributed by atoms with Gasteiger partial charge in [-0.05, 0) is 35.9 Å². The van der Waals surface area contributed by atoms with Crippen LogP contribution in [0.1, 0.15) is 15.9 Å². The second-order valence-electron chi connectivity index (χ2n) is 4.97. The monoisotopic (exact) mass is 360 g/mol. The second-order valence-corrected chi connectivity index (χ2v) is 5.38. The van der Waals surface area contributed by atoms with Gasteiger partial charge < -0.3 is 20.5 Å². The molecule has 2 aromatic rings. The number of hydrogen-bond acceptors (Lipinski definition) is 4. The van der Waals surface area contributed by atoms with Crippen LogP contribution in [0.2, 0.25) is 5.02 Å². The fourth-order valence-electron chi connectivity index (χ4n) is 2.19. The van der Waals surface area contributed by atoms with Gasteiger partial charge in [-0.2, -0.15) is 0 Å². The van der Waals surface area contributed by atoms with Gasteiger partial charge in [-0.1, -0.05) is 23.7 Å². The highest BCUT2D eigenvalue weighted by molar-refractivity contribution is 6.32. The molecule has 0 saturated heterocycles. The predicted octanol–water partition coefficient (Wildman–Crippen LogP) is 3.11. The number of carbonyl (C=O) groups excluding carboxylic acids is 2. The topological polar surface area (TPSA) is 90.6 Å². The van der Waals surface area contributed by atoms with Crippen molar-refractivity contribution < 1.29 is 19.1 Å². The first-order valence-corrected chi connectivity index (χ1v) is 7.63. The van der Waals surface area contributed by atoms with E-state index < -0.39 is 11.8 Å². The van der Waals surface area contributed by atoms with Gasteiger partial charge in [0, 0.05) is 6.08 Å². The Morgan fingerprint density at radius 2 is 1.88 bits per heavy atom. The molecule has 2 amide bonds. The quantitative estimate of drug-likeness (QED) is 0.774. The molecule has 0 aromatic heterocycles. The number of nitrogens with two attached hydrogens (primary N) is 1. The number of benzene rings is 2. The largest absolute Gasteiger partial charge is 0.493 e. The Labute approximate surface area is 150 Å². The summed E-state index contributed by atoms with van der Waals surface area (Å²) in [5.74, 6) is -0.165. The molecule has 2 aromatic carbocycles. The van der Waals surface area contributed by atoms with Gasteiger partial charge in [-0.15, -0.1) is 0 Å². The lowest BCUT2D eigenvalue weighted by atomic mass is 10.1. The standard InChI is InChI=1S/C18H17ClN2O4/c1-24-15-10-11(9-13(19)17(15)25-2)7-8-16(22)21-14-6-4-3-5-12(14)18(20)23/h3-10H,1-2H3,(H2,20,23)(H,21,22). The van der Waals surface area contributed by atoms with Crippen molar-refractivity contribution in [3.8, 4) is 11.5 Å². The van der Waals surface area contributed by atoms with Crippen LogP contribution in [0.5, 0.6) is 11.5 Å². The molecule has 25 heavy (non-hydrogen) atoms. The van der Waals surface area contributed by atoms with E-state index in [0.29, 0.717) is 27.8 Å². The fraction of sp³-hybridized carbons (Fsp3) is 0.111. The number of rotatable bonds is 6. The average Bonchev–Trinajstić information content (AvgIpc) is 2.59. The maximum absolute atomic E-state index is 12.1. The lowest BCUT2D eigenvalue weighted by molar-refractivity contribution is -0.111. The molecule has 0 aliphatic carbocycles. The lowest BCUT2D eigenvalue weighted by Crippen LogP contribution is -2.16. The van der Waals surface area contributed by atoms with E-state index in [1.807, 2.05) is 0 Å². The molecule has 0 aliphatic heterocycles. The fourth-order valence-corrected chi connectivity index (χ4v) is 2.48. The van der Waals surface area contributed by atoms with Gasteiger partial charge in [0.25, 0.3) is 5.91 Å². The summed E-state index contributed by atoms with van der Waals surface area (Å²) in [5.41, 5.74) is 6.51. The first kappa shape index (κ1) is 18.4. The van der Waals surface area contributed by atoms with Crippen LogP contribution in [0, 0.1) is 0 Å². The molecular formula is C18H17ClN2O4. The zero-order valence-corrected chi connectivity index (χ0v) is 14.5. The van der Waals surface area contributed by atoms with Crippen LogP contribution in [0.4, 0.5) is 5.69 Å². The van der Waals surface area contributed by atoms with Crippen molar-refractivity contribution in [3.05, 3.63) is 58.6 Å². The Kier molecular flexibility index (Phi) is 6.03. The molecule has 0 fully saturated rings. The first-order valence-electron chi connectivity index (χ1n) is 7.25. The molecule has 0 unspecified atom stereocenters. The van der Waals surface area contributed by atoms with E-state index in [-0.39, 0.29) is 5.56 Å². The molecule has 0 bridgehead atoms. The molecule has 3 N–H and O–H groups in total. The summed E-state index contributed by atoms with van der Waals surface area (Å²) in [6, 6.07) is 9.82. The second kappa shape index (κ2) is 8.21. The van der Waals surface area contributed by atoms with Crippen LogP contribution in [0.25, 0.3) is 6.08 Å². The van der Waals surface area contributed by atoms with Crippen LogP contribution < -0.4 is 20.5 Å². The zero-order valence-electron chi connectivity index (χ0n) is 13.7. The van der Waals surface area contributed by atoms with Gasteiger partial charge in [0.1, 0.15) is 0 Å². The van der Waals surface area contributed by atoms with Gasteiger partial charge in [0.15, 0.2) is 11.5 Å². The van der Waals surface area contributed by atoms with Gasteiger partial charge in [0.2, 0.25) is 5.91 Å². The number of ether oxygens (including phenoxy) is 2. The van der Waals surface area contributed by atoms with Crippen LogP contribution >= 0.6 is 11.6 Å². The summed E-state index contributed by atoms with van der Waals surface area (Å²) in [6.07, 6.45) is 2.88. The maximum Gasteiger partial charge on any atom is 0.250 e. The Balaban J connectivity index is 2.19. The van der Waals surface area contributed by atoms with Crippen molar-refractivity contribution in [2.75, 3.05) is 19.5 Å². The van der Waals surface area contributed by atoms with E-state index in [1.54, 1.807) is 36.4 Å². The molecule has 6 nitrogen and oxygen atoms in total. The average molecular weight is 361 g/mol. The van der Waals surface area contributed by atoms with Crippen molar-refractivity contribution in [2.45, 2.75) is 0 Å². The van der Waals surface area contributed by atoms with Gasteiger partial charge in [0.05, 0.1) is 30.5 Å². The molecule has 2 rings (SSSR count). The number of carbonyl (C=O) groups is 2. The van der Waals surface area contributed by atoms with Crippen molar-refractivity contribution in [3.63, 3.8) is 0 Å². The highest BCUT2D eigenvalue weighted by atomic mass is 35.5. The number of anilines is 1. The first-order chi connectivity index (χ1) is 12.0. The van der Waals surface area contributed by atoms with E-state index in [9.17, 15) is 9.59 Å². The molecule has 0 spiro atoms. The van der Waals surface area contributed by atoms with Gasteiger partial charge in [-0.3, -0.25) is 9.59 Å². The number of halogens is 1. The highest BCUT2D eigenvalue weighted by Gasteiger charge is 2.11. The van der Waals surface area contributed by atoms with Gasteiger partial charge in [-0.25, -0.2) is 0 Å². The van der Waals surface area contributed by atoms with Crippen molar-refractivity contribution in [1.29, 1.82) is 0 Å². The SMILES string of the molecule is COc1cc(C=CC(=O)Nc2ccccc2C(N)=O)cc(Cl)c1OC. The molecule has 0 radical (unpaired) electrons. The third-order valence-electron chi connectivity index (χ3n) is 3.33. The Morgan fingerprint density at radius 3 is 2.52 bits per heavy atom. The van der Waals surface area contributed by atoms with E-state index >= 15 is 0 Å². The highest BCUT2D eigenvalue weighted by Crippen LogP contribution is 2.36. The molecule has 130 valence electrons. The maximum atomic E-state index is 12.1. The summed E-state index contributed by atoms with van der Waals surface area (Å²) < 4.78 is 10.4. The minimum absolute atomic E-state index is 0.235. The third-order valence-corrected chi connectivity index (χ3v) is 3.61. The van der Waals surface area contributed by atoms with E-state index in [0.717, 1.165) is 0 Å². The third kappa shape index (κ3) is 4.51.